The minimum Gasteiger partial charge on any atom is -0.399 e. The van der Waals surface area contributed by atoms with E-state index in [9.17, 15) is 4.79 Å². The van der Waals surface area contributed by atoms with Gasteiger partial charge >= 0.3 is 0 Å². The van der Waals surface area contributed by atoms with E-state index in [4.69, 9.17) is 5.73 Å². The van der Waals surface area contributed by atoms with Crippen LogP contribution < -0.4 is 16.0 Å². The van der Waals surface area contributed by atoms with Crippen LogP contribution in [0.15, 0.2) is 24.3 Å². The summed E-state index contributed by atoms with van der Waals surface area (Å²) in [5.41, 5.74) is 7.42. The minimum atomic E-state index is 0.0897. The third kappa shape index (κ3) is 3.39. The number of hydrogen-bond donors (Lipinski definition) is 2. The molecule has 1 aromatic rings. The molecule has 4 nitrogen and oxygen atoms in total. The highest BCUT2D eigenvalue weighted by atomic mass is 16.2. The monoisotopic (exact) mass is 247 g/mol. The van der Waals surface area contributed by atoms with E-state index in [1.807, 2.05) is 36.2 Å². The van der Waals surface area contributed by atoms with Crippen molar-refractivity contribution in [1.82, 2.24) is 5.32 Å². The summed E-state index contributed by atoms with van der Waals surface area (Å²) < 4.78 is 0. The van der Waals surface area contributed by atoms with Crippen LogP contribution in [0, 0.1) is 0 Å². The van der Waals surface area contributed by atoms with E-state index in [-0.39, 0.29) is 5.91 Å². The third-order valence-electron chi connectivity index (χ3n) is 3.41. The van der Waals surface area contributed by atoms with Crippen LogP contribution in [0.25, 0.3) is 0 Å². The molecule has 0 radical (unpaired) electrons. The molecule has 18 heavy (non-hydrogen) atoms. The number of benzene rings is 1. The number of nitrogens with zero attached hydrogens (tertiary/aromatic N) is 1. The van der Waals surface area contributed by atoms with Crippen LogP contribution in [-0.2, 0) is 4.79 Å². The molecule has 0 saturated heterocycles. The Kier molecular flexibility index (Phi) is 4.07. The van der Waals surface area contributed by atoms with Gasteiger partial charge in [-0.2, -0.15) is 0 Å². The quantitative estimate of drug-likeness (QED) is 0.797. The topological polar surface area (TPSA) is 58.4 Å². The molecule has 2 rings (SSSR count). The average molecular weight is 247 g/mol. The van der Waals surface area contributed by atoms with Gasteiger partial charge in [0.15, 0.2) is 0 Å². The fourth-order valence-electron chi connectivity index (χ4n) is 2.41. The van der Waals surface area contributed by atoms with Crippen molar-refractivity contribution in [3.05, 3.63) is 24.3 Å². The zero-order valence-corrected chi connectivity index (χ0v) is 10.9. The maximum atomic E-state index is 11.9. The average Bonchev–Trinajstić information content (AvgIpc) is 2.81. The Bertz CT molecular complexity index is 413. The summed E-state index contributed by atoms with van der Waals surface area (Å²) in [5.74, 6) is 0.0897. The maximum absolute atomic E-state index is 11.9. The largest absolute Gasteiger partial charge is 0.399 e. The van der Waals surface area contributed by atoms with Gasteiger partial charge in [0.05, 0.1) is 6.54 Å². The zero-order valence-electron chi connectivity index (χ0n) is 10.9. The van der Waals surface area contributed by atoms with Crippen LogP contribution in [0.1, 0.15) is 25.7 Å². The molecule has 0 atom stereocenters. The van der Waals surface area contributed by atoms with Gasteiger partial charge in [0, 0.05) is 24.5 Å². The highest BCUT2D eigenvalue weighted by molar-refractivity contribution is 5.81. The van der Waals surface area contributed by atoms with Gasteiger partial charge < -0.3 is 16.0 Å². The SMILES string of the molecule is CN(CC(=O)NC1CCCC1)c1cccc(N)c1. The number of carbonyl (C=O) groups is 1. The number of likely N-dealkylation sites (N-methyl/N-ethyl adjacent to an activating group) is 1. The molecule has 1 aliphatic rings. The number of anilines is 2. The normalized spacial score (nSPS) is 15.6. The maximum Gasteiger partial charge on any atom is 0.239 e. The Morgan fingerprint density at radius 1 is 1.44 bits per heavy atom. The summed E-state index contributed by atoms with van der Waals surface area (Å²) in [5, 5.41) is 3.08. The molecule has 0 unspecified atom stereocenters. The number of rotatable bonds is 4. The van der Waals surface area contributed by atoms with Crippen LogP contribution >= 0.6 is 0 Å². The highest BCUT2D eigenvalue weighted by Gasteiger charge is 2.17. The first-order chi connectivity index (χ1) is 8.65. The smallest absolute Gasteiger partial charge is 0.239 e. The van der Waals surface area contributed by atoms with Gasteiger partial charge in [-0.15, -0.1) is 0 Å². The van der Waals surface area contributed by atoms with Crippen LogP contribution in [-0.4, -0.2) is 25.5 Å². The van der Waals surface area contributed by atoms with Gasteiger partial charge in [-0.05, 0) is 31.0 Å². The molecule has 3 N–H and O–H groups in total. The van der Waals surface area contributed by atoms with E-state index in [0.717, 1.165) is 24.2 Å². The number of nitrogen functional groups attached to an aromatic ring is 1. The summed E-state index contributed by atoms with van der Waals surface area (Å²) in [6.07, 6.45) is 4.70. The molecule has 0 aliphatic heterocycles. The number of nitrogens with one attached hydrogen (secondary N) is 1. The lowest BCUT2D eigenvalue weighted by atomic mass is 10.2. The predicted molar refractivity (Wildman–Crippen MR) is 74.5 cm³/mol. The van der Waals surface area contributed by atoms with Crippen molar-refractivity contribution in [1.29, 1.82) is 0 Å². The molecular weight excluding hydrogens is 226 g/mol. The number of nitrogens with two attached hydrogens (primary N) is 1. The van der Waals surface area contributed by atoms with Gasteiger partial charge in [-0.3, -0.25) is 4.79 Å². The van der Waals surface area contributed by atoms with E-state index >= 15 is 0 Å². The Labute approximate surface area is 108 Å². The Morgan fingerprint density at radius 2 is 2.17 bits per heavy atom. The van der Waals surface area contributed by atoms with Crippen molar-refractivity contribution in [3.63, 3.8) is 0 Å². The molecule has 98 valence electrons. The summed E-state index contributed by atoms with van der Waals surface area (Å²) in [6.45, 7) is 0.375. The van der Waals surface area contributed by atoms with Crippen LogP contribution in [0.3, 0.4) is 0 Å². The van der Waals surface area contributed by atoms with Crippen LogP contribution in [0.2, 0.25) is 0 Å². The molecule has 0 bridgehead atoms. The summed E-state index contributed by atoms with van der Waals surface area (Å²) in [4.78, 5) is 13.8. The first-order valence-electron chi connectivity index (χ1n) is 6.51. The molecule has 0 aromatic heterocycles. The third-order valence-corrected chi connectivity index (χ3v) is 3.41. The van der Waals surface area contributed by atoms with Crippen molar-refractivity contribution < 1.29 is 4.79 Å². The van der Waals surface area contributed by atoms with E-state index in [1.165, 1.54) is 12.8 Å². The van der Waals surface area contributed by atoms with Gasteiger partial charge in [0.1, 0.15) is 0 Å². The predicted octanol–water partition coefficient (Wildman–Crippen LogP) is 1.76. The van der Waals surface area contributed by atoms with Gasteiger partial charge in [-0.1, -0.05) is 18.9 Å². The van der Waals surface area contributed by atoms with Crippen LogP contribution in [0.5, 0.6) is 0 Å². The van der Waals surface area contributed by atoms with Gasteiger partial charge in [0.2, 0.25) is 5.91 Å². The molecule has 1 saturated carbocycles. The molecule has 4 heteroatoms. The lowest BCUT2D eigenvalue weighted by Crippen LogP contribution is -2.39. The first-order valence-corrected chi connectivity index (χ1v) is 6.51. The van der Waals surface area contributed by atoms with Crippen molar-refractivity contribution in [3.8, 4) is 0 Å². The molecule has 0 spiro atoms. The second-order valence-electron chi connectivity index (χ2n) is 5.00. The van der Waals surface area contributed by atoms with Crippen LogP contribution in [0.4, 0.5) is 11.4 Å². The van der Waals surface area contributed by atoms with Gasteiger partial charge in [-0.25, -0.2) is 0 Å². The molecule has 0 heterocycles. The molecule has 1 aliphatic carbocycles. The van der Waals surface area contributed by atoms with Gasteiger partial charge in [0.25, 0.3) is 0 Å². The van der Waals surface area contributed by atoms with E-state index in [2.05, 4.69) is 5.32 Å². The van der Waals surface area contributed by atoms with E-state index < -0.39 is 0 Å². The van der Waals surface area contributed by atoms with Crippen molar-refractivity contribution in [2.45, 2.75) is 31.7 Å². The second-order valence-corrected chi connectivity index (χ2v) is 5.00. The Balaban J connectivity index is 1.86. The standard InChI is InChI=1S/C14H21N3O/c1-17(13-8-4-5-11(15)9-13)10-14(18)16-12-6-2-3-7-12/h4-5,8-9,12H,2-3,6-7,10,15H2,1H3,(H,16,18). The highest BCUT2D eigenvalue weighted by Crippen LogP contribution is 2.18. The first kappa shape index (κ1) is 12.7. The number of hydrogen-bond acceptors (Lipinski definition) is 3. The molecule has 1 amide bonds. The van der Waals surface area contributed by atoms with E-state index in [0.29, 0.717) is 12.6 Å². The van der Waals surface area contributed by atoms with Crippen molar-refractivity contribution in [2.24, 2.45) is 0 Å². The molecule has 1 fully saturated rings. The Hall–Kier alpha value is -1.71. The molecular formula is C14H21N3O. The number of carbonyl (C=O) groups excluding carboxylic acids is 1. The van der Waals surface area contributed by atoms with Crippen molar-refractivity contribution >= 4 is 17.3 Å². The lowest BCUT2D eigenvalue weighted by Gasteiger charge is -2.20. The fourth-order valence-corrected chi connectivity index (χ4v) is 2.41. The fraction of sp³-hybridized carbons (Fsp3) is 0.500. The Morgan fingerprint density at radius 3 is 2.83 bits per heavy atom. The minimum absolute atomic E-state index is 0.0897. The lowest BCUT2D eigenvalue weighted by molar-refractivity contribution is -0.120. The second kappa shape index (κ2) is 5.76. The van der Waals surface area contributed by atoms with E-state index in [1.54, 1.807) is 0 Å². The summed E-state index contributed by atoms with van der Waals surface area (Å²) >= 11 is 0. The zero-order chi connectivity index (χ0) is 13.0. The molecule has 1 aromatic carbocycles. The van der Waals surface area contributed by atoms with Crippen molar-refractivity contribution in [2.75, 3.05) is 24.2 Å². The summed E-state index contributed by atoms with van der Waals surface area (Å²) in [6, 6.07) is 7.96. The number of amides is 1. The summed E-state index contributed by atoms with van der Waals surface area (Å²) in [7, 11) is 1.91.